The zero-order valence-electron chi connectivity index (χ0n) is 19.5. The van der Waals surface area contributed by atoms with E-state index in [4.69, 9.17) is 17.3 Å². The van der Waals surface area contributed by atoms with Crippen molar-refractivity contribution >= 4 is 68.7 Å². The Morgan fingerprint density at radius 2 is 1.89 bits per heavy atom. The fraction of sp³-hybridized carbons (Fsp3) is 0.0714. The third kappa shape index (κ3) is 5.99. The lowest BCUT2D eigenvalue weighted by atomic mass is 10.1. The largest absolute Gasteiger partial charge is 0.373 e. The number of hydrogen-bond acceptors (Lipinski definition) is 6. The van der Waals surface area contributed by atoms with Crippen molar-refractivity contribution in [3.8, 4) is 0 Å². The van der Waals surface area contributed by atoms with Crippen LogP contribution in [0.5, 0.6) is 0 Å². The highest BCUT2D eigenvalue weighted by Crippen LogP contribution is 2.33. The first-order chi connectivity index (χ1) is 17.9. The van der Waals surface area contributed by atoms with Gasteiger partial charge in [0.2, 0.25) is 5.91 Å². The Hall–Kier alpha value is -4.14. The molecule has 0 fully saturated rings. The topological polar surface area (TPSA) is 109 Å². The maximum absolute atomic E-state index is 12.6. The van der Waals surface area contributed by atoms with Gasteiger partial charge in [-0.05, 0) is 65.4 Å². The van der Waals surface area contributed by atoms with Crippen molar-refractivity contribution in [3.63, 3.8) is 0 Å². The smallest absolute Gasteiger partial charge is 0.286 e. The van der Waals surface area contributed by atoms with Gasteiger partial charge in [-0.2, -0.15) is 4.99 Å². The molecule has 1 atom stereocenters. The van der Waals surface area contributed by atoms with Crippen LogP contribution in [0.15, 0.2) is 95.0 Å². The fourth-order valence-electron chi connectivity index (χ4n) is 3.90. The Kier molecular flexibility index (Phi) is 7.20. The number of fused-ring (bicyclic) bond motifs is 1. The highest BCUT2D eigenvalue weighted by Gasteiger charge is 2.23. The molecule has 7 nitrogen and oxygen atoms in total. The van der Waals surface area contributed by atoms with E-state index in [-0.39, 0.29) is 5.91 Å². The molecule has 5 rings (SSSR count). The predicted molar refractivity (Wildman–Crippen MR) is 152 cm³/mol. The summed E-state index contributed by atoms with van der Waals surface area (Å²) in [6, 6.07) is 23.9. The van der Waals surface area contributed by atoms with E-state index in [0.717, 1.165) is 22.0 Å². The second-order valence-corrected chi connectivity index (χ2v) is 9.83. The van der Waals surface area contributed by atoms with E-state index in [1.54, 1.807) is 30.5 Å². The highest BCUT2D eigenvalue weighted by molar-refractivity contribution is 8.18. The van der Waals surface area contributed by atoms with E-state index in [0.29, 0.717) is 32.9 Å². The van der Waals surface area contributed by atoms with Gasteiger partial charge in [0, 0.05) is 23.7 Å². The molecule has 184 valence electrons. The van der Waals surface area contributed by atoms with Crippen molar-refractivity contribution in [1.82, 2.24) is 4.98 Å². The fourth-order valence-corrected chi connectivity index (χ4v) is 4.89. The molecule has 4 N–H and O–H groups in total. The second kappa shape index (κ2) is 10.9. The van der Waals surface area contributed by atoms with Gasteiger partial charge in [0.15, 0.2) is 5.17 Å². The predicted octanol–water partition coefficient (Wildman–Crippen LogP) is 5.48. The van der Waals surface area contributed by atoms with Crippen LogP contribution in [0.1, 0.15) is 11.1 Å². The van der Waals surface area contributed by atoms with Gasteiger partial charge in [-0.25, -0.2) is 0 Å². The number of benzene rings is 3. The van der Waals surface area contributed by atoms with Crippen LogP contribution in [-0.2, 0) is 16.0 Å². The number of halogens is 1. The number of hydrogen-bond donors (Lipinski definition) is 3. The number of primary amides is 1. The molecule has 0 saturated carbocycles. The summed E-state index contributed by atoms with van der Waals surface area (Å²) >= 11 is 7.64. The third-order valence-corrected chi connectivity index (χ3v) is 6.95. The summed E-state index contributed by atoms with van der Waals surface area (Å²) in [5.41, 5.74) is 9.61. The minimum atomic E-state index is -0.608. The Balaban J connectivity index is 1.30. The molecule has 0 radical (unpaired) electrons. The van der Waals surface area contributed by atoms with E-state index >= 15 is 0 Å². The van der Waals surface area contributed by atoms with Crippen LogP contribution in [0.4, 0.5) is 11.4 Å². The Bertz CT molecular complexity index is 1560. The van der Waals surface area contributed by atoms with Crippen LogP contribution in [-0.4, -0.2) is 28.0 Å². The number of amides is 2. The van der Waals surface area contributed by atoms with Crippen molar-refractivity contribution in [3.05, 3.63) is 106 Å². The first-order valence-electron chi connectivity index (χ1n) is 11.5. The van der Waals surface area contributed by atoms with Crippen LogP contribution in [0.3, 0.4) is 0 Å². The number of amidine groups is 1. The number of carbonyl (C=O) groups is 2. The van der Waals surface area contributed by atoms with Crippen LogP contribution < -0.4 is 16.4 Å². The lowest BCUT2D eigenvalue weighted by Crippen LogP contribution is -2.37. The van der Waals surface area contributed by atoms with Crippen LogP contribution in [0, 0.1) is 0 Å². The van der Waals surface area contributed by atoms with Crippen molar-refractivity contribution < 1.29 is 9.59 Å². The van der Waals surface area contributed by atoms with Gasteiger partial charge in [0.25, 0.3) is 5.91 Å². The van der Waals surface area contributed by atoms with E-state index in [9.17, 15) is 9.59 Å². The monoisotopic (exact) mass is 527 g/mol. The number of nitrogens with two attached hydrogens (primary N) is 1. The number of aliphatic imine (C=N–C) groups is 1. The molecule has 0 spiro atoms. The summed E-state index contributed by atoms with van der Waals surface area (Å²) in [6.45, 7) is 0. The van der Waals surface area contributed by atoms with Crippen LogP contribution in [0.25, 0.3) is 17.0 Å². The van der Waals surface area contributed by atoms with E-state index in [1.165, 1.54) is 11.8 Å². The standard InChI is InChI=1S/C28H22ClN5O2S/c29-21-10-9-20(32-24(26(30)35)14-17-5-2-1-3-6-17)16-23(21)33-28-34-27(36)25(37-28)15-18-8-11-22-19(13-18)7-4-12-31-22/h1-13,15-16,24,32H,14H2,(H2,30,35)(H,33,34,36)/b25-15-/t24-/m0/s1. The molecule has 4 aromatic rings. The van der Waals surface area contributed by atoms with Gasteiger partial charge in [-0.1, -0.05) is 54.1 Å². The maximum atomic E-state index is 12.6. The molecule has 0 unspecified atom stereocenters. The van der Waals surface area contributed by atoms with Gasteiger partial charge in [-0.3, -0.25) is 14.6 Å². The van der Waals surface area contributed by atoms with Crippen LogP contribution in [0.2, 0.25) is 5.02 Å². The summed E-state index contributed by atoms with van der Waals surface area (Å²) in [5, 5.41) is 8.16. The SMILES string of the molecule is NC(=O)[C@H](Cc1ccccc1)Nc1ccc(Cl)c(NC2=NC(=O)/C(=C/c3ccc4ncccc4c3)S2)c1. The van der Waals surface area contributed by atoms with Crippen molar-refractivity contribution in [2.75, 3.05) is 10.6 Å². The molecule has 2 amide bonds. The number of anilines is 2. The highest BCUT2D eigenvalue weighted by atomic mass is 35.5. The van der Waals surface area contributed by atoms with Gasteiger partial charge in [0.1, 0.15) is 6.04 Å². The number of thioether (sulfide) groups is 1. The van der Waals surface area contributed by atoms with Gasteiger partial charge in [0.05, 0.1) is 21.1 Å². The first-order valence-corrected chi connectivity index (χ1v) is 12.7. The summed E-state index contributed by atoms with van der Waals surface area (Å²) in [7, 11) is 0. The maximum Gasteiger partial charge on any atom is 0.286 e. The summed E-state index contributed by atoms with van der Waals surface area (Å²) in [5.74, 6) is -0.797. The van der Waals surface area contributed by atoms with Crippen molar-refractivity contribution in [2.45, 2.75) is 12.5 Å². The molecule has 1 aliphatic heterocycles. The molecule has 1 aliphatic rings. The molecule has 2 heterocycles. The average Bonchev–Trinajstić information content (AvgIpc) is 3.24. The molecule has 3 aromatic carbocycles. The van der Waals surface area contributed by atoms with Crippen molar-refractivity contribution in [2.24, 2.45) is 10.7 Å². The number of aromatic nitrogens is 1. The number of nitrogens with zero attached hydrogens (tertiary/aromatic N) is 2. The first kappa shape index (κ1) is 24.5. The number of rotatable bonds is 7. The molecule has 1 aromatic heterocycles. The Morgan fingerprint density at radius 1 is 1.05 bits per heavy atom. The van der Waals surface area contributed by atoms with E-state index < -0.39 is 11.9 Å². The Labute approximate surface area is 222 Å². The quantitative estimate of drug-likeness (QED) is 0.275. The molecular weight excluding hydrogens is 506 g/mol. The molecular formula is C28H22ClN5O2S. The zero-order valence-corrected chi connectivity index (χ0v) is 21.1. The molecule has 9 heteroatoms. The zero-order chi connectivity index (χ0) is 25.8. The molecule has 0 saturated heterocycles. The lowest BCUT2D eigenvalue weighted by Gasteiger charge is -2.18. The Morgan fingerprint density at radius 3 is 2.70 bits per heavy atom. The molecule has 37 heavy (non-hydrogen) atoms. The number of carbonyl (C=O) groups excluding carboxylic acids is 2. The van der Waals surface area contributed by atoms with Gasteiger partial charge < -0.3 is 16.4 Å². The summed E-state index contributed by atoms with van der Waals surface area (Å²) in [6.07, 6.45) is 3.99. The molecule has 0 bridgehead atoms. The van der Waals surface area contributed by atoms with Gasteiger partial charge >= 0.3 is 0 Å². The minimum absolute atomic E-state index is 0.333. The van der Waals surface area contributed by atoms with Gasteiger partial charge in [-0.15, -0.1) is 0 Å². The number of nitrogens with one attached hydrogen (secondary N) is 2. The van der Waals surface area contributed by atoms with E-state index in [1.807, 2.05) is 60.7 Å². The average molecular weight is 528 g/mol. The lowest BCUT2D eigenvalue weighted by molar-refractivity contribution is -0.118. The van der Waals surface area contributed by atoms with E-state index in [2.05, 4.69) is 20.6 Å². The third-order valence-electron chi connectivity index (χ3n) is 5.72. The second-order valence-electron chi connectivity index (χ2n) is 8.40. The number of pyridine rings is 1. The normalized spacial score (nSPS) is 15.0. The summed E-state index contributed by atoms with van der Waals surface area (Å²) in [4.78, 5) is 33.6. The minimum Gasteiger partial charge on any atom is -0.373 e. The summed E-state index contributed by atoms with van der Waals surface area (Å²) < 4.78 is 0. The van der Waals surface area contributed by atoms with Crippen molar-refractivity contribution in [1.29, 1.82) is 0 Å². The van der Waals surface area contributed by atoms with Crippen LogP contribution >= 0.6 is 23.4 Å². The molecule has 0 aliphatic carbocycles.